The fourth-order valence-corrected chi connectivity index (χ4v) is 3.47. The molecule has 152 valence electrons. The van der Waals surface area contributed by atoms with Crippen LogP contribution in [-0.2, 0) is 5.60 Å². The van der Waals surface area contributed by atoms with E-state index in [1.54, 1.807) is 43.3 Å². The van der Waals surface area contributed by atoms with Gasteiger partial charge >= 0.3 is 6.61 Å². The lowest BCUT2D eigenvalue weighted by molar-refractivity contribution is -0.0498. The summed E-state index contributed by atoms with van der Waals surface area (Å²) < 4.78 is 28.8. The number of hydrogen-bond donors (Lipinski definition) is 3. The maximum Gasteiger partial charge on any atom is 0.387 e. The van der Waals surface area contributed by atoms with Gasteiger partial charge in [-0.05, 0) is 65.7 Å². The summed E-state index contributed by atoms with van der Waals surface area (Å²) in [5.41, 5.74) is 1.10. The number of aliphatic hydroxyl groups is 1. The van der Waals surface area contributed by atoms with E-state index in [1.807, 2.05) is 16.8 Å². The highest BCUT2D eigenvalue weighted by Crippen LogP contribution is 2.25. The second-order valence-corrected chi connectivity index (χ2v) is 7.32. The van der Waals surface area contributed by atoms with Crippen LogP contribution in [0.25, 0.3) is 0 Å². The monoisotopic (exact) mass is 418 g/mol. The van der Waals surface area contributed by atoms with Crippen LogP contribution in [0.1, 0.15) is 22.8 Å². The molecule has 0 radical (unpaired) electrons. The molecule has 0 aliphatic rings. The van der Waals surface area contributed by atoms with E-state index in [0.29, 0.717) is 16.9 Å². The Hall–Kier alpha value is -2.97. The topological polar surface area (TPSA) is 70.6 Å². The molecule has 1 amide bonds. The van der Waals surface area contributed by atoms with Crippen molar-refractivity contribution in [1.29, 1.82) is 0 Å². The lowest BCUT2D eigenvalue weighted by atomic mass is 9.99. The second kappa shape index (κ2) is 9.02. The Balaban J connectivity index is 1.69. The molecule has 1 heterocycles. The van der Waals surface area contributed by atoms with Gasteiger partial charge in [-0.25, -0.2) is 0 Å². The van der Waals surface area contributed by atoms with Crippen molar-refractivity contribution in [2.24, 2.45) is 0 Å². The number of carbonyl (C=O) groups is 1. The third kappa shape index (κ3) is 5.52. The summed E-state index contributed by atoms with van der Waals surface area (Å²) in [6.45, 7) is -1.19. The van der Waals surface area contributed by atoms with Crippen LogP contribution < -0.4 is 15.4 Å². The maximum atomic E-state index is 12.7. The van der Waals surface area contributed by atoms with E-state index in [0.717, 1.165) is 5.56 Å². The van der Waals surface area contributed by atoms with Gasteiger partial charge in [0.25, 0.3) is 5.91 Å². The number of carbonyl (C=O) groups excluding carboxylic acids is 1. The molecule has 1 aromatic heterocycles. The van der Waals surface area contributed by atoms with Crippen LogP contribution in [0.3, 0.4) is 0 Å². The average Bonchev–Trinajstić information content (AvgIpc) is 3.24. The molecule has 0 saturated heterocycles. The van der Waals surface area contributed by atoms with E-state index < -0.39 is 12.2 Å². The Labute approximate surface area is 171 Å². The minimum atomic E-state index is -2.88. The van der Waals surface area contributed by atoms with E-state index in [4.69, 9.17) is 0 Å². The molecule has 0 spiro atoms. The number of rotatable bonds is 8. The van der Waals surface area contributed by atoms with E-state index in [1.165, 1.54) is 23.5 Å². The summed E-state index contributed by atoms with van der Waals surface area (Å²) in [4.78, 5) is 12.7. The summed E-state index contributed by atoms with van der Waals surface area (Å²) in [7, 11) is 0. The van der Waals surface area contributed by atoms with Gasteiger partial charge in [0.1, 0.15) is 11.4 Å². The van der Waals surface area contributed by atoms with Gasteiger partial charge in [0, 0.05) is 5.69 Å². The minimum absolute atomic E-state index is 0.0484. The van der Waals surface area contributed by atoms with Crippen LogP contribution in [0.15, 0.2) is 65.4 Å². The molecule has 29 heavy (non-hydrogen) atoms. The van der Waals surface area contributed by atoms with Crippen LogP contribution in [0, 0.1) is 0 Å². The van der Waals surface area contributed by atoms with Crippen molar-refractivity contribution in [3.8, 4) is 5.75 Å². The number of alkyl halides is 2. The summed E-state index contributed by atoms with van der Waals surface area (Å²) >= 11 is 1.47. The molecule has 5 nitrogen and oxygen atoms in total. The van der Waals surface area contributed by atoms with Crippen molar-refractivity contribution >= 4 is 28.6 Å². The van der Waals surface area contributed by atoms with Crippen molar-refractivity contribution in [3.05, 3.63) is 76.5 Å². The van der Waals surface area contributed by atoms with Crippen molar-refractivity contribution in [1.82, 2.24) is 5.32 Å². The quantitative estimate of drug-likeness (QED) is 0.495. The largest absolute Gasteiger partial charge is 0.435 e. The number of halogens is 2. The molecular weight excluding hydrogens is 398 g/mol. The van der Waals surface area contributed by atoms with Gasteiger partial charge in [-0.15, -0.1) is 0 Å². The summed E-state index contributed by atoms with van der Waals surface area (Å²) in [5, 5.41) is 20.1. The van der Waals surface area contributed by atoms with Gasteiger partial charge < -0.3 is 20.5 Å². The Morgan fingerprint density at radius 2 is 1.90 bits per heavy atom. The number of ether oxygens (including phenoxy) is 1. The highest BCUT2D eigenvalue weighted by molar-refractivity contribution is 7.08. The normalized spacial score (nSPS) is 13.0. The Morgan fingerprint density at radius 3 is 2.55 bits per heavy atom. The number of hydrogen-bond acceptors (Lipinski definition) is 5. The molecule has 0 aliphatic heterocycles. The first-order chi connectivity index (χ1) is 13.8. The summed E-state index contributed by atoms with van der Waals surface area (Å²) in [6.07, 6.45) is 0. The first-order valence-electron chi connectivity index (χ1n) is 8.79. The zero-order valence-electron chi connectivity index (χ0n) is 15.6. The number of para-hydroxylation sites is 1. The van der Waals surface area contributed by atoms with Crippen LogP contribution in [-0.4, -0.2) is 24.2 Å². The molecule has 8 heteroatoms. The first kappa shape index (κ1) is 20.8. The molecule has 0 saturated carbocycles. The molecule has 3 N–H and O–H groups in total. The average molecular weight is 418 g/mol. The molecule has 1 atom stereocenters. The predicted molar refractivity (Wildman–Crippen MR) is 109 cm³/mol. The zero-order chi connectivity index (χ0) is 20.9. The number of thiophene rings is 1. The van der Waals surface area contributed by atoms with Gasteiger partial charge in [0.15, 0.2) is 0 Å². The van der Waals surface area contributed by atoms with E-state index in [9.17, 15) is 18.7 Å². The standard InChI is InChI=1S/C21H20F2N2O3S/c1-21(27,14-10-11-29-12-14)13-24-19(26)17-4-2-3-5-18(17)25-15-6-8-16(9-7-15)28-20(22)23/h2-12,20,25,27H,13H2,1H3,(H,24,26). The lowest BCUT2D eigenvalue weighted by Crippen LogP contribution is -2.38. The van der Waals surface area contributed by atoms with Crippen molar-refractivity contribution < 1.29 is 23.4 Å². The SMILES string of the molecule is CC(O)(CNC(=O)c1ccccc1Nc1ccc(OC(F)F)cc1)c1ccsc1. The Morgan fingerprint density at radius 1 is 1.17 bits per heavy atom. The third-order valence-corrected chi connectivity index (χ3v) is 4.95. The molecule has 3 aromatic rings. The zero-order valence-corrected chi connectivity index (χ0v) is 16.4. The highest BCUT2D eigenvalue weighted by Gasteiger charge is 2.25. The van der Waals surface area contributed by atoms with Gasteiger partial charge in [-0.3, -0.25) is 4.79 Å². The number of benzene rings is 2. The molecule has 0 fully saturated rings. The van der Waals surface area contributed by atoms with Crippen molar-refractivity contribution in [3.63, 3.8) is 0 Å². The van der Waals surface area contributed by atoms with Crippen LogP contribution in [0.5, 0.6) is 5.75 Å². The second-order valence-electron chi connectivity index (χ2n) is 6.54. The van der Waals surface area contributed by atoms with Crippen LogP contribution in [0.4, 0.5) is 20.2 Å². The third-order valence-electron chi connectivity index (χ3n) is 4.27. The van der Waals surface area contributed by atoms with E-state index in [2.05, 4.69) is 15.4 Å². The minimum Gasteiger partial charge on any atom is -0.435 e. The predicted octanol–water partition coefficient (Wildman–Crippen LogP) is 4.73. The maximum absolute atomic E-state index is 12.7. The number of anilines is 2. The molecular formula is C21H20F2N2O3S. The Bertz CT molecular complexity index is 945. The van der Waals surface area contributed by atoms with Crippen LogP contribution in [0.2, 0.25) is 0 Å². The van der Waals surface area contributed by atoms with Crippen molar-refractivity contribution in [2.45, 2.75) is 19.1 Å². The van der Waals surface area contributed by atoms with Crippen molar-refractivity contribution in [2.75, 3.05) is 11.9 Å². The molecule has 3 rings (SSSR count). The van der Waals surface area contributed by atoms with E-state index >= 15 is 0 Å². The summed E-state index contributed by atoms with van der Waals surface area (Å²) in [6, 6.07) is 14.7. The van der Waals surface area contributed by atoms with Gasteiger partial charge in [-0.1, -0.05) is 12.1 Å². The smallest absolute Gasteiger partial charge is 0.387 e. The van der Waals surface area contributed by atoms with Gasteiger partial charge in [0.2, 0.25) is 0 Å². The molecule has 2 aromatic carbocycles. The van der Waals surface area contributed by atoms with E-state index in [-0.39, 0.29) is 18.2 Å². The summed E-state index contributed by atoms with van der Waals surface area (Å²) in [5.74, 6) is -0.298. The number of nitrogens with one attached hydrogen (secondary N) is 2. The fourth-order valence-electron chi connectivity index (χ4n) is 2.69. The first-order valence-corrected chi connectivity index (χ1v) is 9.73. The fraction of sp³-hybridized carbons (Fsp3) is 0.190. The Kier molecular flexibility index (Phi) is 6.46. The highest BCUT2D eigenvalue weighted by atomic mass is 32.1. The van der Waals surface area contributed by atoms with Crippen LogP contribution >= 0.6 is 11.3 Å². The molecule has 0 aliphatic carbocycles. The number of amides is 1. The lowest BCUT2D eigenvalue weighted by Gasteiger charge is -2.23. The molecule has 0 bridgehead atoms. The van der Waals surface area contributed by atoms with Gasteiger partial charge in [-0.2, -0.15) is 20.1 Å². The molecule has 1 unspecified atom stereocenters. The van der Waals surface area contributed by atoms with Gasteiger partial charge in [0.05, 0.1) is 17.8 Å².